The third-order valence-electron chi connectivity index (χ3n) is 4.15. The zero-order valence-corrected chi connectivity index (χ0v) is 17.0. The number of carbonyl (C=O) groups is 2. The van der Waals surface area contributed by atoms with E-state index in [0.717, 1.165) is 9.89 Å². The molecule has 10 nitrogen and oxygen atoms in total. The molecule has 0 radical (unpaired) electrons. The van der Waals surface area contributed by atoms with Crippen molar-refractivity contribution in [2.75, 3.05) is 30.0 Å². The van der Waals surface area contributed by atoms with Crippen LogP contribution in [0.5, 0.6) is 0 Å². The van der Waals surface area contributed by atoms with Crippen LogP contribution in [0, 0.1) is 5.92 Å². The van der Waals surface area contributed by atoms with E-state index in [1.54, 1.807) is 0 Å². The zero-order chi connectivity index (χ0) is 20.7. The number of nitrogens with two attached hydrogens (primary N) is 1. The van der Waals surface area contributed by atoms with Crippen LogP contribution in [0.25, 0.3) is 0 Å². The Hall–Kier alpha value is -2.63. The van der Waals surface area contributed by atoms with E-state index in [9.17, 15) is 14.8 Å². The van der Waals surface area contributed by atoms with Crippen LogP contribution in [-0.4, -0.2) is 57.7 Å². The Labute approximate surface area is 167 Å². The summed E-state index contributed by atoms with van der Waals surface area (Å²) >= 11 is 1.48. The van der Waals surface area contributed by atoms with Crippen LogP contribution in [0.2, 0.25) is 0 Å². The van der Waals surface area contributed by atoms with Crippen LogP contribution in [0.4, 0.5) is 11.9 Å². The summed E-state index contributed by atoms with van der Waals surface area (Å²) in [6.07, 6.45) is 1.13. The lowest BCUT2D eigenvalue weighted by Gasteiger charge is -2.24. The highest BCUT2D eigenvalue weighted by Gasteiger charge is 2.28. The first kappa shape index (κ1) is 21.7. The molecule has 2 aromatic heterocycles. The van der Waals surface area contributed by atoms with E-state index >= 15 is 0 Å². The summed E-state index contributed by atoms with van der Waals surface area (Å²) in [5.74, 6) is 5.74. The Kier molecular flexibility index (Phi) is 7.79. The molecule has 0 saturated heterocycles. The molecule has 3 N–H and O–H groups in total. The van der Waals surface area contributed by atoms with E-state index in [4.69, 9.17) is 5.84 Å². The molecular formula is C17H25N7O3S. The monoisotopic (exact) mass is 407 g/mol. The maximum Gasteiger partial charge on any atom is 0.252 e. The molecule has 2 rings (SSSR count). The van der Waals surface area contributed by atoms with Crippen LogP contribution in [-0.2, 0) is 22.4 Å². The Morgan fingerprint density at radius 2 is 2.04 bits per heavy atom. The van der Waals surface area contributed by atoms with Crippen LogP contribution < -0.4 is 15.8 Å². The molecule has 152 valence electrons. The highest BCUT2D eigenvalue weighted by molar-refractivity contribution is 7.09. The van der Waals surface area contributed by atoms with Gasteiger partial charge < -0.3 is 4.90 Å². The van der Waals surface area contributed by atoms with Crippen LogP contribution in [0.15, 0.2) is 17.5 Å². The van der Waals surface area contributed by atoms with E-state index in [0.29, 0.717) is 36.2 Å². The molecule has 0 aromatic carbocycles. The molecule has 28 heavy (non-hydrogen) atoms. The van der Waals surface area contributed by atoms with Crippen molar-refractivity contribution < 1.29 is 14.8 Å². The van der Waals surface area contributed by atoms with Gasteiger partial charge in [-0.1, -0.05) is 13.0 Å². The zero-order valence-electron chi connectivity index (χ0n) is 16.1. The molecule has 0 spiro atoms. The fourth-order valence-electron chi connectivity index (χ4n) is 2.44. The van der Waals surface area contributed by atoms with Gasteiger partial charge in [0.15, 0.2) is 0 Å². The number of hydroxylamine groups is 2. The van der Waals surface area contributed by atoms with Crippen LogP contribution in [0.1, 0.15) is 24.5 Å². The third-order valence-corrected chi connectivity index (χ3v) is 5.05. The van der Waals surface area contributed by atoms with E-state index in [2.05, 4.69) is 15.0 Å². The van der Waals surface area contributed by atoms with E-state index in [1.165, 1.54) is 11.3 Å². The van der Waals surface area contributed by atoms with Crippen molar-refractivity contribution >= 4 is 35.6 Å². The summed E-state index contributed by atoms with van der Waals surface area (Å²) < 4.78 is 0. The lowest BCUT2D eigenvalue weighted by molar-refractivity contribution is -0.154. The number of hydrazine groups is 1. The number of anilines is 2. The molecule has 1 atom stereocenters. The number of amides is 2. The predicted octanol–water partition coefficient (Wildman–Crippen LogP) is 0.865. The second kappa shape index (κ2) is 10.1. The maximum absolute atomic E-state index is 13.0. The van der Waals surface area contributed by atoms with Gasteiger partial charge in [-0.05, 0) is 24.8 Å². The normalized spacial score (nSPS) is 11.8. The fourth-order valence-corrected chi connectivity index (χ4v) is 3.23. The fraction of sp³-hybridized carbons (Fsp3) is 0.471. The van der Waals surface area contributed by atoms with Crippen molar-refractivity contribution in [3.05, 3.63) is 28.2 Å². The number of carbonyl (C=O) groups excluding carboxylic acids is 2. The largest absolute Gasteiger partial charge is 0.344 e. The number of rotatable bonds is 10. The summed E-state index contributed by atoms with van der Waals surface area (Å²) in [5.41, 5.74) is 0. The van der Waals surface area contributed by atoms with Gasteiger partial charge in [0.2, 0.25) is 18.3 Å². The Balaban J connectivity index is 2.31. The molecule has 2 heterocycles. The molecule has 0 aliphatic heterocycles. The number of hydrogen-bond acceptors (Lipinski definition) is 9. The average molecular weight is 408 g/mol. The van der Waals surface area contributed by atoms with E-state index in [-0.39, 0.29) is 18.9 Å². The Morgan fingerprint density at radius 3 is 2.61 bits per heavy atom. The molecule has 11 heteroatoms. The quantitative estimate of drug-likeness (QED) is 0.195. The molecular weight excluding hydrogens is 382 g/mol. The summed E-state index contributed by atoms with van der Waals surface area (Å²) in [5, 5.41) is 12.8. The van der Waals surface area contributed by atoms with Crippen molar-refractivity contribution in [3.63, 3.8) is 0 Å². The summed E-state index contributed by atoms with van der Waals surface area (Å²) in [7, 11) is 1.83. The van der Waals surface area contributed by atoms with Gasteiger partial charge in [-0.3, -0.25) is 14.8 Å². The average Bonchev–Trinajstić information content (AvgIpc) is 3.24. The second-order valence-electron chi connectivity index (χ2n) is 6.14. The molecule has 0 aliphatic carbocycles. The summed E-state index contributed by atoms with van der Waals surface area (Å²) in [4.78, 5) is 39.5. The van der Waals surface area contributed by atoms with Crippen LogP contribution in [0.3, 0.4) is 0 Å². The molecule has 1 unspecified atom stereocenters. The number of hydrogen-bond donors (Lipinski definition) is 2. The lowest BCUT2D eigenvalue weighted by atomic mass is 10.0. The summed E-state index contributed by atoms with van der Waals surface area (Å²) in [6, 6.07) is 3.74. The van der Waals surface area contributed by atoms with Crippen molar-refractivity contribution in [2.24, 2.45) is 11.8 Å². The van der Waals surface area contributed by atoms with Gasteiger partial charge in [0.05, 0.1) is 12.5 Å². The Bertz CT molecular complexity index is 787. The van der Waals surface area contributed by atoms with E-state index in [1.807, 2.05) is 43.3 Å². The standard InChI is InChI=1S/C17H25N7O3S/c1-4-14-19-16(22(3)5-2)21-17(20-14)24(18)15(26)12(10-23(27)11-25)9-13-7-6-8-28-13/h6-8,11-12,27H,4-5,9-10,18H2,1-3H3. The van der Waals surface area contributed by atoms with Gasteiger partial charge in [-0.15, -0.1) is 11.3 Å². The molecule has 0 aliphatic rings. The van der Waals surface area contributed by atoms with Gasteiger partial charge in [0.1, 0.15) is 5.82 Å². The lowest BCUT2D eigenvalue weighted by Crippen LogP contribution is -2.46. The minimum absolute atomic E-state index is 0.0268. The van der Waals surface area contributed by atoms with Crippen LogP contribution >= 0.6 is 11.3 Å². The number of nitrogens with zero attached hydrogens (tertiary/aromatic N) is 6. The van der Waals surface area contributed by atoms with Crippen molar-refractivity contribution in [1.29, 1.82) is 0 Å². The minimum atomic E-state index is -0.756. The highest BCUT2D eigenvalue weighted by atomic mass is 32.1. The minimum Gasteiger partial charge on any atom is -0.344 e. The second-order valence-corrected chi connectivity index (χ2v) is 7.17. The first-order valence-electron chi connectivity index (χ1n) is 8.87. The van der Waals surface area contributed by atoms with Crippen molar-refractivity contribution in [3.8, 4) is 0 Å². The smallest absolute Gasteiger partial charge is 0.252 e. The molecule has 0 saturated carbocycles. The molecule has 0 bridgehead atoms. The van der Waals surface area contributed by atoms with Crippen molar-refractivity contribution in [2.45, 2.75) is 26.7 Å². The van der Waals surface area contributed by atoms with Gasteiger partial charge in [0, 0.05) is 24.9 Å². The highest BCUT2D eigenvalue weighted by Crippen LogP contribution is 2.19. The third kappa shape index (κ3) is 5.44. The first-order valence-corrected chi connectivity index (χ1v) is 9.75. The van der Waals surface area contributed by atoms with Gasteiger partial charge in [-0.25, -0.2) is 15.9 Å². The number of aryl methyl sites for hydroxylation is 1. The maximum atomic E-state index is 13.0. The first-order chi connectivity index (χ1) is 13.4. The molecule has 2 aromatic rings. The van der Waals surface area contributed by atoms with Gasteiger partial charge in [0.25, 0.3) is 5.95 Å². The SMILES string of the molecule is CCc1nc(N(C)CC)nc(N(N)C(=O)C(Cc2cccs2)CN(O)C=O)n1. The predicted molar refractivity (Wildman–Crippen MR) is 106 cm³/mol. The van der Waals surface area contributed by atoms with E-state index < -0.39 is 11.8 Å². The number of aromatic nitrogens is 3. The van der Waals surface area contributed by atoms with Gasteiger partial charge >= 0.3 is 0 Å². The topological polar surface area (TPSA) is 129 Å². The molecule has 2 amide bonds. The summed E-state index contributed by atoms with van der Waals surface area (Å²) in [6.45, 7) is 4.32. The van der Waals surface area contributed by atoms with Gasteiger partial charge in [-0.2, -0.15) is 15.0 Å². The Morgan fingerprint density at radius 1 is 1.32 bits per heavy atom. The number of thiophene rings is 1. The van der Waals surface area contributed by atoms with Crippen molar-refractivity contribution in [1.82, 2.24) is 20.0 Å². The molecule has 0 fully saturated rings.